The van der Waals surface area contributed by atoms with Crippen LogP contribution in [0, 0.1) is 5.82 Å². The van der Waals surface area contributed by atoms with E-state index in [1.807, 2.05) is 45.0 Å². The first kappa shape index (κ1) is 18.5. The minimum atomic E-state index is -0.300. The number of rotatable bonds is 2. The van der Waals surface area contributed by atoms with Crippen LogP contribution in [0.15, 0.2) is 46.9 Å². The molecule has 2 heterocycles. The molecule has 28 heavy (non-hydrogen) atoms. The summed E-state index contributed by atoms with van der Waals surface area (Å²) >= 11 is 0. The first-order valence-electron chi connectivity index (χ1n) is 9.55. The van der Waals surface area contributed by atoms with Crippen molar-refractivity contribution in [3.05, 3.63) is 54.2 Å². The molecule has 6 heteroatoms. The normalized spacial score (nSPS) is 17.3. The third-order valence-corrected chi connectivity index (χ3v) is 4.84. The number of hydrogen-bond acceptors (Lipinski definition) is 3. The number of urea groups is 1. The summed E-state index contributed by atoms with van der Waals surface area (Å²) in [6.07, 6.45) is 1.73. The van der Waals surface area contributed by atoms with Gasteiger partial charge in [-0.05, 0) is 69.0 Å². The van der Waals surface area contributed by atoms with Gasteiger partial charge in [0.25, 0.3) is 0 Å². The average molecular weight is 381 g/mol. The molecule has 0 unspecified atom stereocenters. The first-order chi connectivity index (χ1) is 13.3. The summed E-state index contributed by atoms with van der Waals surface area (Å²) in [7, 11) is 0. The highest BCUT2D eigenvalue weighted by atomic mass is 19.1. The molecule has 2 amide bonds. The molecule has 0 saturated carbocycles. The van der Waals surface area contributed by atoms with Crippen LogP contribution in [0.25, 0.3) is 22.2 Å². The lowest BCUT2D eigenvalue weighted by atomic mass is 10.1. The fourth-order valence-corrected chi connectivity index (χ4v) is 3.59. The van der Waals surface area contributed by atoms with Crippen LogP contribution < -0.4 is 5.32 Å². The van der Waals surface area contributed by atoms with Gasteiger partial charge in [-0.3, -0.25) is 0 Å². The van der Waals surface area contributed by atoms with E-state index in [-0.39, 0.29) is 23.4 Å². The Kier molecular flexibility index (Phi) is 4.57. The maximum Gasteiger partial charge on any atom is 0.318 e. The zero-order valence-corrected chi connectivity index (χ0v) is 16.3. The number of aromatic nitrogens is 1. The monoisotopic (exact) mass is 381 g/mol. The fraction of sp³-hybridized carbons (Fsp3) is 0.364. The van der Waals surface area contributed by atoms with Gasteiger partial charge in [0.1, 0.15) is 17.4 Å². The number of amides is 2. The minimum Gasteiger partial charge on any atom is -0.438 e. The molecular formula is C22H24FN3O2. The Balaban J connectivity index is 1.63. The number of carbonyl (C=O) groups is 1. The van der Waals surface area contributed by atoms with Crippen molar-refractivity contribution in [1.82, 2.24) is 15.2 Å². The summed E-state index contributed by atoms with van der Waals surface area (Å²) in [5, 5.41) is 3.01. The Hall–Kier alpha value is -2.89. The summed E-state index contributed by atoms with van der Waals surface area (Å²) in [6, 6.07) is 11.8. The molecule has 1 aliphatic rings. The number of fused-ring (bicyclic) bond motifs is 1. The number of likely N-dealkylation sites (tertiary alicyclic amines) is 1. The Morgan fingerprint density at radius 2 is 2.00 bits per heavy atom. The number of nitrogens with one attached hydrogen (secondary N) is 1. The number of oxazole rings is 1. The summed E-state index contributed by atoms with van der Waals surface area (Å²) in [5.74, 6) is 0.276. The van der Waals surface area contributed by atoms with E-state index in [4.69, 9.17) is 4.42 Å². The zero-order chi connectivity index (χ0) is 19.9. The first-order valence-corrected chi connectivity index (χ1v) is 9.55. The number of carbonyl (C=O) groups excluding carboxylic acids is 1. The van der Waals surface area contributed by atoms with Crippen LogP contribution in [0.2, 0.25) is 0 Å². The van der Waals surface area contributed by atoms with Crippen molar-refractivity contribution < 1.29 is 13.6 Å². The molecular weight excluding hydrogens is 357 g/mol. The maximum absolute atomic E-state index is 13.5. The van der Waals surface area contributed by atoms with Gasteiger partial charge < -0.3 is 14.6 Å². The van der Waals surface area contributed by atoms with E-state index in [2.05, 4.69) is 10.3 Å². The van der Waals surface area contributed by atoms with E-state index >= 15 is 0 Å². The van der Waals surface area contributed by atoms with Gasteiger partial charge in [-0.2, -0.15) is 0 Å². The third kappa shape index (κ3) is 3.72. The van der Waals surface area contributed by atoms with Crippen LogP contribution in [0.3, 0.4) is 0 Å². The molecule has 1 saturated heterocycles. The molecule has 5 nitrogen and oxygen atoms in total. The fourth-order valence-electron chi connectivity index (χ4n) is 3.59. The van der Waals surface area contributed by atoms with Gasteiger partial charge in [-0.15, -0.1) is 0 Å². The van der Waals surface area contributed by atoms with Gasteiger partial charge in [0.05, 0.1) is 0 Å². The van der Waals surface area contributed by atoms with Crippen LogP contribution >= 0.6 is 0 Å². The quantitative estimate of drug-likeness (QED) is 0.657. The predicted molar refractivity (Wildman–Crippen MR) is 106 cm³/mol. The van der Waals surface area contributed by atoms with Crippen molar-refractivity contribution in [3.63, 3.8) is 0 Å². The minimum absolute atomic E-state index is 0.0993. The Bertz CT molecular complexity index is 1020. The highest BCUT2D eigenvalue weighted by Crippen LogP contribution is 2.34. The van der Waals surface area contributed by atoms with Crippen molar-refractivity contribution in [1.29, 1.82) is 0 Å². The standard InChI is InChI=1S/C22H24FN3O2/c1-22(2,3)25-21(27)26-11-5-8-18(26)20-24-17-13-15(9-10-19(17)28-20)14-6-4-7-16(23)12-14/h4,6-7,9-10,12-13,18H,5,8,11H2,1-3H3,(H,25,27)/t18-/m1/s1. The molecule has 4 rings (SSSR count). The van der Waals surface area contributed by atoms with Gasteiger partial charge in [0.15, 0.2) is 5.58 Å². The molecule has 0 radical (unpaired) electrons. The topological polar surface area (TPSA) is 58.4 Å². The lowest BCUT2D eigenvalue weighted by molar-refractivity contribution is 0.176. The van der Waals surface area contributed by atoms with Gasteiger partial charge in [0.2, 0.25) is 5.89 Å². The number of benzene rings is 2. The highest BCUT2D eigenvalue weighted by molar-refractivity contribution is 5.81. The van der Waals surface area contributed by atoms with Crippen molar-refractivity contribution in [2.24, 2.45) is 0 Å². The van der Waals surface area contributed by atoms with Crippen molar-refractivity contribution in [2.75, 3.05) is 6.54 Å². The van der Waals surface area contributed by atoms with E-state index in [1.165, 1.54) is 12.1 Å². The molecule has 1 aliphatic heterocycles. The van der Waals surface area contributed by atoms with E-state index in [1.54, 1.807) is 11.0 Å². The SMILES string of the molecule is CC(C)(C)NC(=O)N1CCC[C@@H]1c1nc2cc(-c3cccc(F)c3)ccc2o1. The van der Waals surface area contributed by atoms with Crippen LogP contribution in [0.4, 0.5) is 9.18 Å². The summed E-state index contributed by atoms with van der Waals surface area (Å²) < 4.78 is 19.5. The lowest BCUT2D eigenvalue weighted by Crippen LogP contribution is -2.48. The molecule has 0 bridgehead atoms. The molecule has 1 atom stereocenters. The van der Waals surface area contributed by atoms with E-state index < -0.39 is 0 Å². The molecule has 146 valence electrons. The number of hydrogen-bond donors (Lipinski definition) is 1. The van der Waals surface area contributed by atoms with E-state index in [9.17, 15) is 9.18 Å². The molecule has 0 aliphatic carbocycles. The summed E-state index contributed by atoms with van der Waals surface area (Å²) in [5.41, 5.74) is 2.74. The molecule has 0 spiro atoms. The second-order valence-electron chi connectivity index (χ2n) is 8.28. The van der Waals surface area contributed by atoms with Gasteiger partial charge in [-0.25, -0.2) is 14.2 Å². The molecule has 1 fully saturated rings. The Labute approximate surface area is 163 Å². The van der Waals surface area contributed by atoms with Crippen LogP contribution in [0.1, 0.15) is 45.5 Å². The van der Waals surface area contributed by atoms with Crippen molar-refractivity contribution >= 4 is 17.1 Å². The Morgan fingerprint density at radius 1 is 1.21 bits per heavy atom. The van der Waals surface area contributed by atoms with Gasteiger partial charge >= 0.3 is 6.03 Å². The van der Waals surface area contributed by atoms with E-state index in [0.717, 1.165) is 24.0 Å². The second-order valence-corrected chi connectivity index (χ2v) is 8.28. The average Bonchev–Trinajstić information content (AvgIpc) is 3.26. The van der Waals surface area contributed by atoms with Crippen molar-refractivity contribution in [2.45, 2.75) is 45.2 Å². The van der Waals surface area contributed by atoms with Gasteiger partial charge in [0, 0.05) is 12.1 Å². The Morgan fingerprint density at radius 3 is 2.75 bits per heavy atom. The molecule has 2 aromatic carbocycles. The highest BCUT2D eigenvalue weighted by Gasteiger charge is 2.34. The largest absolute Gasteiger partial charge is 0.438 e. The zero-order valence-electron chi connectivity index (χ0n) is 16.3. The van der Waals surface area contributed by atoms with Crippen LogP contribution in [0.5, 0.6) is 0 Å². The smallest absolute Gasteiger partial charge is 0.318 e. The summed E-state index contributed by atoms with van der Waals surface area (Å²) in [6.45, 7) is 6.57. The van der Waals surface area contributed by atoms with Crippen LogP contribution in [-0.4, -0.2) is 28.0 Å². The second kappa shape index (κ2) is 6.93. The predicted octanol–water partition coefficient (Wildman–Crippen LogP) is 5.28. The van der Waals surface area contributed by atoms with Gasteiger partial charge in [-0.1, -0.05) is 18.2 Å². The number of halogens is 1. The maximum atomic E-state index is 13.5. The van der Waals surface area contributed by atoms with Crippen molar-refractivity contribution in [3.8, 4) is 11.1 Å². The molecule has 1 aromatic heterocycles. The third-order valence-electron chi connectivity index (χ3n) is 4.84. The molecule has 3 aromatic rings. The number of nitrogens with zero attached hydrogens (tertiary/aromatic N) is 2. The van der Waals surface area contributed by atoms with Crippen LogP contribution in [-0.2, 0) is 0 Å². The summed E-state index contributed by atoms with van der Waals surface area (Å²) in [4.78, 5) is 19.1. The lowest BCUT2D eigenvalue weighted by Gasteiger charge is -2.28. The molecule has 1 N–H and O–H groups in total. The van der Waals surface area contributed by atoms with E-state index in [0.29, 0.717) is 23.5 Å².